The fourth-order valence-electron chi connectivity index (χ4n) is 3.14. The number of sulfonamides is 1. The van der Waals surface area contributed by atoms with Crippen LogP contribution in [-0.4, -0.2) is 38.7 Å². The zero-order chi connectivity index (χ0) is 18.7. The lowest BCUT2D eigenvalue weighted by molar-refractivity contribution is 0.0875. The first-order valence-electron chi connectivity index (χ1n) is 8.36. The summed E-state index contributed by atoms with van der Waals surface area (Å²) in [6, 6.07) is 12.2. The second kappa shape index (κ2) is 7.55. The molecule has 2 aromatic rings. The van der Waals surface area contributed by atoms with Crippen LogP contribution in [0.1, 0.15) is 23.2 Å². The van der Waals surface area contributed by atoms with Crippen LogP contribution in [0.3, 0.4) is 0 Å². The third-order valence-electron chi connectivity index (χ3n) is 4.65. The van der Waals surface area contributed by atoms with Gasteiger partial charge in [0, 0.05) is 24.6 Å². The molecule has 0 unspecified atom stereocenters. The minimum Gasteiger partial charge on any atom is -0.497 e. The van der Waals surface area contributed by atoms with Crippen LogP contribution in [0.25, 0.3) is 0 Å². The molecule has 3 rings (SSSR count). The SMILES string of the molecule is COc1ccc(C(=O)C2CCN(S(=O)(=O)c3ccccc3F)CC2)cc1. The highest BCUT2D eigenvalue weighted by Gasteiger charge is 2.33. The van der Waals surface area contributed by atoms with Crippen LogP contribution in [-0.2, 0) is 10.0 Å². The minimum atomic E-state index is -3.88. The van der Waals surface area contributed by atoms with Gasteiger partial charge in [-0.15, -0.1) is 0 Å². The number of carbonyl (C=O) groups excluding carboxylic acids is 1. The predicted molar refractivity (Wildman–Crippen MR) is 95.2 cm³/mol. The van der Waals surface area contributed by atoms with Crippen LogP contribution < -0.4 is 4.74 Å². The van der Waals surface area contributed by atoms with Crippen LogP contribution >= 0.6 is 0 Å². The Morgan fingerprint density at radius 1 is 1.08 bits per heavy atom. The van der Waals surface area contributed by atoms with E-state index in [1.54, 1.807) is 31.4 Å². The number of hydrogen-bond acceptors (Lipinski definition) is 4. The van der Waals surface area contributed by atoms with Gasteiger partial charge in [-0.3, -0.25) is 4.79 Å². The van der Waals surface area contributed by atoms with Crippen molar-refractivity contribution in [3.8, 4) is 5.75 Å². The van der Waals surface area contributed by atoms with Gasteiger partial charge in [-0.05, 0) is 49.2 Å². The van der Waals surface area contributed by atoms with Gasteiger partial charge in [-0.1, -0.05) is 12.1 Å². The van der Waals surface area contributed by atoms with Gasteiger partial charge in [0.25, 0.3) is 0 Å². The lowest BCUT2D eigenvalue weighted by Gasteiger charge is -2.30. The Morgan fingerprint density at radius 3 is 2.27 bits per heavy atom. The first-order valence-corrected chi connectivity index (χ1v) is 9.80. The maximum absolute atomic E-state index is 13.9. The van der Waals surface area contributed by atoms with Gasteiger partial charge in [0.1, 0.15) is 16.5 Å². The molecule has 0 aliphatic carbocycles. The van der Waals surface area contributed by atoms with E-state index in [2.05, 4.69) is 0 Å². The Hall–Kier alpha value is -2.25. The van der Waals surface area contributed by atoms with E-state index >= 15 is 0 Å². The summed E-state index contributed by atoms with van der Waals surface area (Å²) in [5.74, 6) is -0.331. The highest BCUT2D eigenvalue weighted by molar-refractivity contribution is 7.89. The monoisotopic (exact) mass is 377 g/mol. The van der Waals surface area contributed by atoms with E-state index in [1.807, 2.05) is 0 Å². The van der Waals surface area contributed by atoms with E-state index in [1.165, 1.54) is 22.5 Å². The topological polar surface area (TPSA) is 63.7 Å². The number of Topliss-reactive ketones (excluding diaryl/α,β-unsaturated/α-hetero) is 1. The van der Waals surface area contributed by atoms with Crippen molar-refractivity contribution in [3.05, 3.63) is 59.9 Å². The molecular weight excluding hydrogens is 357 g/mol. The number of ketones is 1. The third kappa shape index (κ3) is 3.64. The molecule has 7 heteroatoms. The molecule has 1 fully saturated rings. The van der Waals surface area contributed by atoms with Gasteiger partial charge in [-0.25, -0.2) is 12.8 Å². The van der Waals surface area contributed by atoms with Gasteiger partial charge < -0.3 is 4.74 Å². The zero-order valence-corrected chi connectivity index (χ0v) is 15.2. The average molecular weight is 377 g/mol. The molecular formula is C19H20FNO4S. The lowest BCUT2D eigenvalue weighted by Crippen LogP contribution is -2.40. The number of nitrogens with zero attached hydrogens (tertiary/aromatic N) is 1. The normalized spacial score (nSPS) is 16.4. The van der Waals surface area contributed by atoms with Crippen LogP contribution in [0.15, 0.2) is 53.4 Å². The zero-order valence-electron chi connectivity index (χ0n) is 14.4. The van der Waals surface area contributed by atoms with Crippen LogP contribution in [0.2, 0.25) is 0 Å². The van der Waals surface area contributed by atoms with Crippen molar-refractivity contribution in [1.29, 1.82) is 0 Å². The van der Waals surface area contributed by atoms with Crippen molar-refractivity contribution in [2.45, 2.75) is 17.7 Å². The Kier molecular flexibility index (Phi) is 5.38. The molecule has 1 heterocycles. The van der Waals surface area contributed by atoms with Gasteiger partial charge in [-0.2, -0.15) is 4.31 Å². The summed E-state index contributed by atoms with van der Waals surface area (Å²) in [5.41, 5.74) is 0.584. The summed E-state index contributed by atoms with van der Waals surface area (Å²) >= 11 is 0. The second-order valence-corrected chi connectivity index (χ2v) is 8.11. The molecule has 0 bridgehead atoms. The quantitative estimate of drug-likeness (QED) is 0.751. The molecule has 1 aliphatic rings. The van der Waals surface area contributed by atoms with Gasteiger partial charge in [0.05, 0.1) is 7.11 Å². The summed E-state index contributed by atoms with van der Waals surface area (Å²) in [6.07, 6.45) is 0.830. The number of piperidine rings is 1. The Balaban J connectivity index is 1.68. The molecule has 2 aromatic carbocycles. The first-order chi connectivity index (χ1) is 12.4. The maximum Gasteiger partial charge on any atom is 0.245 e. The molecule has 0 saturated carbocycles. The Morgan fingerprint density at radius 2 is 1.69 bits per heavy atom. The number of methoxy groups -OCH3 is 1. The Bertz CT molecular complexity index is 888. The number of ether oxygens (including phenoxy) is 1. The highest BCUT2D eigenvalue weighted by atomic mass is 32.2. The predicted octanol–water partition coefficient (Wildman–Crippen LogP) is 3.12. The van der Waals surface area contributed by atoms with Crippen molar-refractivity contribution < 1.29 is 22.3 Å². The smallest absolute Gasteiger partial charge is 0.245 e. The van der Waals surface area contributed by atoms with Crippen LogP contribution in [0.4, 0.5) is 4.39 Å². The van der Waals surface area contributed by atoms with E-state index < -0.39 is 15.8 Å². The van der Waals surface area contributed by atoms with Crippen molar-refractivity contribution in [2.24, 2.45) is 5.92 Å². The van der Waals surface area contributed by atoms with Gasteiger partial charge in [0.15, 0.2) is 5.78 Å². The van der Waals surface area contributed by atoms with Crippen molar-refractivity contribution in [2.75, 3.05) is 20.2 Å². The largest absolute Gasteiger partial charge is 0.497 e. The average Bonchev–Trinajstić information content (AvgIpc) is 2.68. The van der Waals surface area contributed by atoms with E-state index in [9.17, 15) is 17.6 Å². The fraction of sp³-hybridized carbons (Fsp3) is 0.316. The Labute approximate surface area is 152 Å². The molecule has 0 amide bonds. The molecule has 0 radical (unpaired) electrons. The number of halogens is 1. The number of benzene rings is 2. The minimum absolute atomic E-state index is 0.00408. The maximum atomic E-state index is 13.9. The van der Waals surface area contributed by atoms with E-state index in [4.69, 9.17) is 4.74 Å². The molecule has 0 aromatic heterocycles. The van der Waals surface area contributed by atoms with E-state index in [-0.39, 0.29) is 29.7 Å². The summed E-state index contributed by atoms with van der Waals surface area (Å²) < 4.78 is 45.4. The van der Waals surface area contributed by atoms with Crippen molar-refractivity contribution in [1.82, 2.24) is 4.31 Å². The highest BCUT2D eigenvalue weighted by Crippen LogP contribution is 2.27. The second-order valence-electron chi connectivity index (χ2n) is 6.20. The van der Waals surface area contributed by atoms with Crippen LogP contribution in [0, 0.1) is 11.7 Å². The fourth-order valence-corrected chi connectivity index (χ4v) is 4.68. The third-order valence-corrected chi connectivity index (χ3v) is 6.59. The van der Waals surface area contributed by atoms with Crippen molar-refractivity contribution >= 4 is 15.8 Å². The number of hydrogen-bond donors (Lipinski definition) is 0. The molecule has 1 aliphatic heterocycles. The number of carbonyl (C=O) groups is 1. The number of rotatable bonds is 5. The van der Waals surface area contributed by atoms with Gasteiger partial charge in [0.2, 0.25) is 10.0 Å². The molecule has 0 spiro atoms. The molecule has 26 heavy (non-hydrogen) atoms. The standard InChI is InChI=1S/C19H20FNO4S/c1-25-16-8-6-14(7-9-16)19(22)15-10-12-21(13-11-15)26(23,24)18-5-3-2-4-17(18)20/h2-9,15H,10-13H2,1H3. The van der Waals surface area contributed by atoms with Gasteiger partial charge >= 0.3 is 0 Å². The van der Waals surface area contributed by atoms with Crippen LogP contribution in [0.5, 0.6) is 5.75 Å². The molecule has 5 nitrogen and oxygen atoms in total. The molecule has 0 N–H and O–H groups in total. The van der Waals surface area contributed by atoms with E-state index in [0.29, 0.717) is 24.2 Å². The first kappa shape index (κ1) is 18.5. The summed E-state index contributed by atoms with van der Waals surface area (Å²) in [6.45, 7) is 0.395. The van der Waals surface area contributed by atoms with E-state index in [0.717, 1.165) is 6.07 Å². The molecule has 1 saturated heterocycles. The van der Waals surface area contributed by atoms with Crippen molar-refractivity contribution in [3.63, 3.8) is 0 Å². The molecule has 138 valence electrons. The summed E-state index contributed by atoms with van der Waals surface area (Å²) in [4.78, 5) is 12.3. The summed E-state index contributed by atoms with van der Waals surface area (Å²) in [5, 5.41) is 0. The summed E-state index contributed by atoms with van der Waals surface area (Å²) in [7, 11) is -2.33. The molecule has 0 atom stereocenters. The lowest BCUT2D eigenvalue weighted by atomic mass is 9.89.